The van der Waals surface area contributed by atoms with Crippen molar-refractivity contribution in [2.24, 2.45) is 0 Å². The number of benzene rings is 9. The van der Waals surface area contributed by atoms with Crippen LogP contribution in [0.15, 0.2) is 223 Å². The molecule has 0 unspecified atom stereocenters. The normalized spacial score (nSPS) is 11.5. The SMILES string of the molecule is c1ccc(-c2ccc(N(c3ccc(-c4cccc(-n5c6ccccc6c6ccccc65)c4)cc3)c3ccc4c(c3)oc3ccccc34)cc2-c2ccccc2)cc1. The van der Waals surface area contributed by atoms with Crippen LogP contribution in [0.2, 0.25) is 0 Å². The fraction of sp³-hybridized carbons (Fsp3) is 0. The first-order valence-electron chi connectivity index (χ1n) is 19.4. The van der Waals surface area contributed by atoms with Crippen molar-refractivity contribution in [3.63, 3.8) is 0 Å². The van der Waals surface area contributed by atoms with E-state index in [1.807, 2.05) is 12.1 Å². The van der Waals surface area contributed by atoms with Crippen molar-refractivity contribution in [3.05, 3.63) is 218 Å². The summed E-state index contributed by atoms with van der Waals surface area (Å²) in [6.45, 7) is 0. The van der Waals surface area contributed by atoms with Crippen LogP contribution >= 0.6 is 0 Å². The van der Waals surface area contributed by atoms with Gasteiger partial charge in [-0.2, -0.15) is 0 Å². The Bertz CT molecular complexity index is 3180. The summed E-state index contributed by atoms with van der Waals surface area (Å²) < 4.78 is 8.81. The van der Waals surface area contributed by atoms with Gasteiger partial charge in [0.2, 0.25) is 0 Å². The van der Waals surface area contributed by atoms with Crippen LogP contribution in [0.4, 0.5) is 17.1 Å². The molecule has 0 N–H and O–H groups in total. The monoisotopic (exact) mass is 728 g/mol. The van der Waals surface area contributed by atoms with E-state index < -0.39 is 0 Å². The van der Waals surface area contributed by atoms with Crippen molar-refractivity contribution >= 4 is 60.8 Å². The molecule has 0 atom stereocenters. The van der Waals surface area contributed by atoms with Crippen LogP contribution in [-0.4, -0.2) is 4.57 Å². The second-order valence-corrected chi connectivity index (χ2v) is 14.5. The predicted octanol–water partition coefficient (Wildman–Crippen LogP) is 15.2. The Kier molecular flexibility index (Phi) is 7.82. The van der Waals surface area contributed by atoms with Gasteiger partial charge in [0.05, 0.1) is 11.0 Å². The minimum atomic E-state index is 0.862. The molecular formula is C54H36N2O. The highest BCUT2D eigenvalue weighted by Crippen LogP contribution is 2.43. The largest absolute Gasteiger partial charge is 0.456 e. The van der Waals surface area contributed by atoms with Gasteiger partial charge in [-0.15, -0.1) is 0 Å². The van der Waals surface area contributed by atoms with Gasteiger partial charge in [0, 0.05) is 50.4 Å². The molecule has 0 saturated carbocycles. The topological polar surface area (TPSA) is 21.3 Å². The lowest BCUT2D eigenvalue weighted by Crippen LogP contribution is -2.10. The average molecular weight is 729 g/mol. The van der Waals surface area contributed by atoms with Crippen LogP contribution in [0.5, 0.6) is 0 Å². The van der Waals surface area contributed by atoms with E-state index in [1.54, 1.807) is 0 Å². The fourth-order valence-electron chi connectivity index (χ4n) is 8.53. The predicted molar refractivity (Wildman–Crippen MR) is 239 cm³/mol. The summed E-state index contributed by atoms with van der Waals surface area (Å²) in [6.07, 6.45) is 0. The third kappa shape index (κ3) is 5.68. The molecule has 0 bridgehead atoms. The molecular weight excluding hydrogens is 693 g/mol. The molecule has 0 amide bonds. The molecule has 0 radical (unpaired) electrons. The minimum Gasteiger partial charge on any atom is -0.456 e. The number of hydrogen-bond acceptors (Lipinski definition) is 2. The van der Waals surface area contributed by atoms with Crippen molar-refractivity contribution < 1.29 is 4.42 Å². The molecule has 0 aliphatic rings. The van der Waals surface area contributed by atoms with E-state index in [1.165, 1.54) is 44.1 Å². The van der Waals surface area contributed by atoms with Crippen LogP contribution in [0.1, 0.15) is 0 Å². The Balaban J connectivity index is 1.05. The summed E-state index contributed by atoms with van der Waals surface area (Å²) >= 11 is 0. The van der Waals surface area contributed by atoms with E-state index in [-0.39, 0.29) is 0 Å². The first-order valence-corrected chi connectivity index (χ1v) is 19.4. The van der Waals surface area contributed by atoms with Gasteiger partial charge in [0.1, 0.15) is 11.2 Å². The second kappa shape index (κ2) is 13.6. The van der Waals surface area contributed by atoms with Gasteiger partial charge in [0.15, 0.2) is 0 Å². The first kappa shape index (κ1) is 32.8. The third-order valence-corrected chi connectivity index (χ3v) is 11.2. The van der Waals surface area contributed by atoms with Crippen molar-refractivity contribution in [1.82, 2.24) is 4.57 Å². The summed E-state index contributed by atoms with van der Waals surface area (Å²) in [4.78, 5) is 2.34. The maximum Gasteiger partial charge on any atom is 0.137 e. The Morgan fingerprint density at radius 2 is 0.860 bits per heavy atom. The molecule has 11 rings (SSSR count). The van der Waals surface area contributed by atoms with E-state index in [2.05, 4.69) is 216 Å². The molecule has 0 spiro atoms. The molecule has 2 heterocycles. The number of fused-ring (bicyclic) bond motifs is 6. The maximum atomic E-state index is 6.43. The van der Waals surface area contributed by atoms with Gasteiger partial charge in [-0.05, 0) is 100 Å². The summed E-state index contributed by atoms with van der Waals surface area (Å²) in [6, 6.07) is 78.1. The van der Waals surface area contributed by atoms with Gasteiger partial charge in [-0.1, -0.05) is 146 Å². The van der Waals surface area contributed by atoms with Crippen molar-refractivity contribution in [3.8, 4) is 39.1 Å². The summed E-state index contributed by atoms with van der Waals surface area (Å²) in [5, 5.41) is 4.75. The average Bonchev–Trinajstić information content (AvgIpc) is 3.83. The smallest absolute Gasteiger partial charge is 0.137 e. The fourth-order valence-corrected chi connectivity index (χ4v) is 8.53. The lowest BCUT2D eigenvalue weighted by atomic mass is 9.93. The second-order valence-electron chi connectivity index (χ2n) is 14.5. The van der Waals surface area contributed by atoms with Gasteiger partial charge < -0.3 is 13.9 Å². The highest BCUT2D eigenvalue weighted by atomic mass is 16.3. The lowest BCUT2D eigenvalue weighted by Gasteiger charge is -2.27. The maximum absolute atomic E-state index is 6.43. The van der Waals surface area contributed by atoms with Crippen LogP contribution < -0.4 is 4.90 Å². The Morgan fingerprint density at radius 1 is 0.316 bits per heavy atom. The number of rotatable bonds is 7. The molecule has 0 saturated heterocycles. The Hall–Kier alpha value is -7.62. The van der Waals surface area contributed by atoms with Gasteiger partial charge in [-0.3, -0.25) is 0 Å². The summed E-state index contributed by atoms with van der Waals surface area (Å²) in [7, 11) is 0. The quantitative estimate of drug-likeness (QED) is 0.163. The number of nitrogens with zero attached hydrogens (tertiary/aromatic N) is 2. The highest BCUT2D eigenvalue weighted by Gasteiger charge is 2.19. The molecule has 9 aromatic carbocycles. The van der Waals surface area contributed by atoms with E-state index in [4.69, 9.17) is 4.42 Å². The number of furan rings is 1. The first-order chi connectivity index (χ1) is 28.3. The van der Waals surface area contributed by atoms with Gasteiger partial charge in [0.25, 0.3) is 0 Å². The number of para-hydroxylation sites is 3. The summed E-state index contributed by atoms with van der Waals surface area (Å²) in [5.41, 5.74) is 15.5. The Morgan fingerprint density at radius 3 is 1.58 bits per heavy atom. The molecule has 3 heteroatoms. The van der Waals surface area contributed by atoms with Gasteiger partial charge >= 0.3 is 0 Å². The van der Waals surface area contributed by atoms with Crippen LogP contribution in [0, 0.1) is 0 Å². The standard InChI is InChI=1S/C54H36N2O/c1-3-14-38(15-4-1)45-32-30-43(35-50(45)39-16-5-2-6-17-39)55(44-31-33-49-48-22-9-12-25-53(48)57-54(49)36-44)41-28-26-37(27-29-41)40-18-13-19-42(34-40)56-51-23-10-7-20-46(51)47-21-8-11-24-52(47)56/h1-36H. The van der Waals surface area contributed by atoms with Crippen molar-refractivity contribution in [2.75, 3.05) is 4.90 Å². The molecule has 3 nitrogen and oxygen atoms in total. The molecule has 2 aromatic heterocycles. The van der Waals surface area contributed by atoms with Gasteiger partial charge in [-0.25, -0.2) is 0 Å². The van der Waals surface area contributed by atoms with E-state index in [9.17, 15) is 0 Å². The number of aromatic nitrogens is 1. The van der Waals surface area contributed by atoms with Crippen molar-refractivity contribution in [1.29, 1.82) is 0 Å². The zero-order valence-electron chi connectivity index (χ0n) is 31.1. The molecule has 268 valence electrons. The van der Waals surface area contributed by atoms with Crippen LogP contribution in [-0.2, 0) is 0 Å². The number of hydrogen-bond donors (Lipinski definition) is 0. The zero-order valence-corrected chi connectivity index (χ0v) is 31.1. The lowest BCUT2D eigenvalue weighted by molar-refractivity contribution is 0.669. The number of anilines is 3. The van der Waals surface area contributed by atoms with E-state index in [0.29, 0.717) is 0 Å². The molecule has 0 aliphatic carbocycles. The molecule has 11 aromatic rings. The van der Waals surface area contributed by atoms with Crippen molar-refractivity contribution in [2.45, 2.75) is 0 Å². The van der Waals surface area contributed by atoms with Crippen LogP contribution in [0.25, 0.3) is 82.8 Å². The van der Waals surface area contributed by atoms with E-state index in [0.717, 1.165) is 55.8 Å². The Labute approximate surface area is 330 Å². The van der Waals surface area contributed by atoms with Crippen LogP contribution in [0.3, 0.4) is 0 Å². The molecule has 57 heavy (non-hydrogen) atoms. The zero-order chi connectivity index (χ0) is 37.7. The minimum absolute atomic E-state index is 0.862. The van der Waals surface area contributed by atoms with E-state index >= 15 is 0 Å². The third-order valence-electron chi connectivity index (χ3n) is 11.2. The summed E-state index contributed by atoms with van der Waals surface area (Å²) in [5.74, 6) is 0. The highest BCUT2D eigenvalue weighted by molar-refractivity contribution is 6.09. The molecule has 0 fully saturated rings. The molecule has 0 aliphatic heterocycles.